The van der Waals surface area contributed by atoms with Gasteiger partial charge in [-0.3, -0.25) is 4.99 Å². The van der Waals surface area contributed by atoms with E-state index in [1.165, 1.54) is 16.3 Å². The standard InChI is InChI=1S/C24H27N3O3.HI/c1-28-21-8-6-18-12-17(4-5-19(18)13-21)15-26-24-25-10-11-27(24)16-20-7-9-22(29-2)14-23(20)30-3;/h4-9,12-14H,10-11,15-16H2,1-3H3,(H,25,26);1H. The zero-order chi connectivity index (χ0) is 20.9. The van der Waals surface area contributed by atoms with E-state index in [0.29, 0.717) is 0 Å². The summed E-state index contributed by atoms with van der Waals surface area (Å²) >= 11 is 0. The number of nitrogens with one attached hydrogen (secondary N) is 1. The molecule has 0 bridgehead atoms. The summed E-state index contributed by atoms with van der Waals surface area (Å²) in [5, 5.41) is 5.87. The highest BCUT2D eigenvalue weighted by molar-refractivity contribution is 14.0. The number of aliphatic imine (C=N–C) groups is 1. The van der Waals surface area contributed by atoms with Gasteiger partial charge in [-0.05, 0) is 46.7 Å². The molecule has 0 aromatic heterocycles. The van der Waals surface area contributed by atoms with E-state index in [1.54, 1.807) is 21.3 Å². The van der Waals surface area contributed by atoms with Crippen LogP contribution in [-0.4, -0.2) is 45.3 Å². The Kier molecular flexibility index (Phi) is 7.84. The number of guanidine groups is 1. The molecule has 0 radical (unpaired) electrons. The van der Waals surface area contributed by atoms with Crippen LogP contribution in [0, 0.1) is 0 Å². The molecule has 3 aromatic rings. The van der Waals surface area contributed by atoms with Crippen LogP contribution in [0.15, 0.2) is 59.6 Å². The molecule has 0 amide bonds. The summed E-state index contributed by atoms with van der Waals surface area (Å²) in [5.74, 6) is 3.41. The summed E-state index contributed by atoms with van der Waals surface area (Å²) < 4.78 is 16.1. The first-order chi connectivity index (χ1) is 14.7. The van der Waals surface area contributed by atoms with E-state index < -0.39 is 0 Å². The first kappa shape index (κ1) is 23.0. The van der Waals surface area contributed by atoms with E-state index in [2.05, 4.69) is 45.5 Å². The summed E-state index contributed by atoms with van der Waals surface area (Å²) in [6.07, 6.45) is 0. The van der Waals surface area contributed by atoms with E-state index in [0.717, 1.165) is 55.0 Å². The highest BCUT2D eigenvalue weighted by atomic mass is 127. The van der Waals surface area contributed by atoms with Gasteiger partial charge in [0.05, 0.1) is 27.9 Å². The van der Waals surface area contributed by atoms with Crippen LogP contribution in [0.1, 0.15) is 11.1 Å². The zero-order valence-electron chi connectivity index (χ0n) is 18.1. The van der Waals surface area contributed by atoms with Gasteiger partial charge < -0.3 is 24.4 Å². The predicted molar refractivity (Wildman–Crippen MR) is 135 cm³/mol. The molecule has 0 aliphatic carbocycles. The molecular formula is C24H28IN3O3. The topological polar surface area (TPSA) is 55.3 Å². The monoisotopic (exact) mass is 533 g/mol. The number of methoxy groups -OCH3 is 3. The Morgan fingerprint density at radius 2 is 1.58 bits per heavy atom. The highest BCUT2D eigenvalue weighted by Crippen LogP contribution is 2.26. The Morgan fingerprint density at radius 3 is 2.35 bits per heavy atom. The Balaban J connectivity index is 0.00000272. The van der Waals surface area contributed by atoms with Gasteiger partial charge in [-0.25, -0.2) is 0 Å². The summed E-state index contributed by atoms with van der Waals surface area (Å²) in [5.41, 5.74) is 2.32. The molecule has 7 heteroatoms. The lowest BCUT2D eigenvalue weighted by Gasteiger charge is -2.22. The minimum Gasteiger partial charge on any atom is -0.497 e. The van der Waals surface area contributed by atoms with Crippen LogP contribution in [0.4, 0.5) is 0 Å². The molecule has 0 atom stereocenters. The third-order valence-electron chi connectivity index (χ3n) is 5.35. The molecule has 3 aromatic carbocycles. The molecule has 0 saturated carbocycles. The molecule has 0 saturated heterocycles. The maximum atomic E-state index is 5.54. The van der Waals surface area contributed by atoms with Gasteiger partial charge in [-0.2, -0.15) is 0 Å². The van der Waals surface area contributed by atoms with Crippen LogP contribution < -0.4 is 19.5 Å². The Bertz CT molecular complexity index is 1070. The smallest absolute Gasteiger partial charge is 0.194 e. The summed E-state index contributed by atoms with van der Waals surface area (Å²) in [4.78, 5) is 6.90. The lowest BCUT2D eigenvalue weighted by Crippen LogP contribution is -2.37. The fourth-order valence-electron chi connectivity index (χ4n) is 3.68. The lowest BCUT2D eigenvalue weighted by atomic mass is 10.1. The van der Waals surface area contributed by atoms with Crippen molar-refractivity contribution in [2.45, 2.75) is 13.1 Å². The number of ether oxygens (including phenoxy) is 3. The number of hydrogen-bond donors (Lipinski definition) is 1. The highest BCUT2D eigenvalue weighted by Gasteiger charge is 2.19. The van der Waals surface area contributed by atoms with Gasteiger partial charge >= 0.3 is 0 Å². The number of halogens is 1. The maximum Gasteiger partial charge on any atom is 0.194 e. The number of rotatable bonds is 7. The molecule has 0 unspecified atom stereocenters. The fraction of sp³-hybridized carbons (Fsp3) is 0.292. The van der Waals surface area contributed by atoms with Gasteiger partial charge in [-0.1, -0.05) is 18.2 Å². The van der Waals surface area contributed by atoms with Crippen molar-refractivity contribution in [3.8, 4) is 17.2 Å². The van der Waals surface area contributed by atoms with Crippen molar-refractivity contribution in [1.82, 2.24) is 10.2 Å². The van der Waals surface area contributed by atoms with Crippen molar-refractivity contribution >= 4 is 40.7 Å². The Morgan fingerprint density at radius 1 is 0.871 bits per heavy atom. The van der Waals surface area contributed by atoms with Gasteiger partial charge in [0.25, 0.3) is 0 Å². The second-order valence-electron chi connectivity index (χ2n) is 7.21. The molecule has 0 spiro atoms. The van der Waals surface area contributed by atoms with Crippen molar-refractivity contribution in [3.63, 3.8) is 0 Å². The number of hydrogen-bond acceptors (Lipinski definition) is 6. The van der Waals surface area contributed by atoms with E-state index in [1.807, 2.05) is 24.3 Å². The summed E-state index contributed by atoms with van der Waals surface area (Å²) in [7, 11) is 5.03. The molecule has 6 nitrogen and oxygen atoms in total. The second kappa shape index (κ2) is 10.6. The van der Waals surface area contributed by atoms with Gasteiger partial charge in [0.2, 0.25) is 0 Å². The summed E-state index contributed by atoms with van der Waals surface area (Å²) in [6.45, 7) is 3.13. The van der Waals surface area contributed by atoms with Crippen LogP contribution in [0.3, 0.4) is 0 Å². The van der Waals surface area contributed by atoms with E-state index in [4.69, 9.17) is 14.2 Å². The average Bonchev–Trinajstić information content (AvgIpc) is 3.24. The third kappa shape index (κ3) is 5.33. The third-order valence-corrected chi connectivity index (χ3v) is 5.35. The molecule has 31 heavy (non-hydrogen) atoms. The SMILES string of the molecule is COc1ccc(CN2CCN=C2NCc2ccc3cc(OC)ccc3c2)c(OC)c1.I. The normalized spacial score (nSPS) is 12.9. The molecular weight excluding hydrogens is 505 g/mol. The Labute approximate surface area is 200 Å². The predicted octanol–water partition coefficient (Wildman–Crippen LogP) is 4.45. The molecule has 0 fully saturated rings. The van der Waals surface area contributed by atoms with Crippen LogP contribution >= 0.6 is 24.0 Å². The van der Waals surface area contributed by atoms with Crippen molar-refractivity contribution < 1.29 is 14.2 Å². The first-order valence-corrected chi connectivity index (χ1v) is 10.0. The Hall–Kier alpha value is -2.68. The van der Waals surface area contributed by atoms with Gasteiger partial charge in [-0.15, -0.1) is 24.0 Å². The first-order valence-electron chi connectivity index (χ1n) is 10.0. The van der Waals surface area contributed by atoms with Gasteiger partial charge in [0.15, 0.2) is 5.96 Å². The van der Waals surface area contributed by atoms with E-state index >= 15 is 0 Å². The average molecular weight is 533 g/mol. The van der Waals surface area contributed by atoms with Crippen LogP contribution in [0.2, 0.25) is 0 Å². The van der Waals surface area contributed by atoms with Crippen LogP contribution in [0.25, 0.3) is 10.8 Å². The quantitative estimate of drug-likeness (QED) is 0.456. The van der Waals surface area contributed by atoms with Gasteiger partial charge in [0.1, 0.15) is 17.2 Å². The summed E-state index contributed by atoms with van der Waals surface area (Å²) in [6, 6.07) is 18.5. The van der Waals surface area contributed by atoms with E-state index in [9.17, 15) is 0 Å². The van der Waals surface area contributed by atoms with Crippen molar-refractivity contribution in [1.29, 1.82) is 0 Å². The minimum absolute atomic E-state index is 0. The molecule has 1 heterocycles. The molecule has 164 valence electrons. The maximum absolute atomic E-state index is 5.54. The van der Waals surface area contributed by atoms with Gasteiger partial charge in [0, 0.05) is 31.3 Å². The molecule has 1 aliphatic heterocycles. The number of nitrogens with zero attached hydrogens (tertiary/aromatic N) is 2. The fourth-order valence-corrected chi connectivity index (χ4v) is 3.68. The number of fused-ring (bicyclic) bond motifs is 1. The van der Waals surface area contributed by atoms with Crippen LogP contribution in [0.5, 0.6) is 17.2 Å². The van der Waals surface area contributed by atoms with Crippen molar-refractivity contribution in [2.75, 3.05) is 34.4 Å². The second-order valence-corrected chi connectivity index (χ2v) is 7.21. The molecule has 4 rings (SSSR count). The van der Waals surface area contributed by atoms with Crippen LogP contribution in [-0.2, 0) is 13.1 Å². The largest absolute Gasteiger partial charge is 0.497 e. The van der Waals surface area contributed by atoms with E-state index in [-0.39, 0.29) is 24.0 Å². The van der Waals surface area contributed by atoms with Crippen molar-refractivity contribution in [3.05, 3.63) is 65.7 Å². The molecule has 1 aliphatic rings. The lowest BCUT2D eigenvalue weighted by molar-refractivity contribution is 0.377. The number of benzene rings is 3. The minimum atomic E-state index is 0. The van der Waals surface area contributed by atoms with Crippen molar-refractivity contribution in [2.24, 2.45) is 4.99 Å². The molecule has 1 N–H and O–H groups in total. The zero-order valence-corrected chi connectivity index (χ0v) is 20.4.